The molecule has 4 heteroatoms. The predicted molar refractivity (Wildman–Crippen MR) is 56.9 cm³/mol. The first kappa shape index (κ1) is 11.5. The summed E-state index contributed by atoms with van der Waals surface area (Å²) in [5.74, 6) is 0.431. The van der Waals surface area contributed by atoms with Crippen LogP contribution in [-0.2, 0) is 4.79 Å². The van der Waals surface area contributed by atoms with Gasteiger partial charge in [-0.3, -0.25) is 4.79 Å². The summed E-state index contributed by atoms with van der Waals surface area (Å²) >= 11 is 0. The first-order valence-corrected chi connectivity index (χ1v) is 5.30. The lowest BCUT2D eigenvalue weighted by molar-refractivity contribution is -0.133. The predicted octanol–water partition coefficient (Wildman–Crippen LogP) is -0.208. The number of carbonyl (C=O) groups excluding carboxylic acids is 1. The van der Waals surface area contributed by atoms with Gasteiger partial charge in [0.05, 0.1) is 0 Å². The van der Waals surface area contributed by atoms with Crippen molar-refractivity contribution < 1.29 is 4.79 Å². The van der Waals surface area contributed by atoms with Crippen molar-refractivity contribution in [3.05, 3.63) is 0 Å². The summed E-state index contributed by atoms with van der Waals surface area (Å²) in [6.07, 6.45) is 2.82. The Morgan fingerprint density at radius 1 is 1.57 bits per heavy atom. The second kappa shape index (κ2) is 5.32. The molecule has 3 N–H and O–H groups in total. The molecule has 0 bridgehead atoms. The van der Waals surface area contributed by atoms with Crippen molar-refractivity contribution in [1.29, 1.82) is 0 Å². The van der Waals surface area contributed by atoms with Gasteiger partial charge in [0.25, 0.3) is 0 Å². The van der Waals surface area contributed by atoms with Crippen LogP contribution < -0.4 is 11.1 Å². The summed E-state index contributed by atoms with van der Waals surface area (Å²) in [7, 11) is 3.76. The van der Waals surface area contributed by atoms with E-state index in [1.54, 1.807) is 4.90 Å². The smallest absolute Gasteiger partial charge is 0.225 e. The largest absolute Gasteiger partial charge is 0.344 e. The van der Waals surface area contributed by atoms with Gasteiger partial charge in [-0.05, 0) is 26.3 Å². The number of amides is 1. The van der Waals surface area contributed by atoms with Crippen LogP contribution >= 0.6 is 0 Å². The van der Waals surface area contributed by atoms with Gasteiger partial charge in [-0.2, -0.15) is 0 Å². The van der Waals surface area contributed by atoms with Gasteiger partial charge in [-0.1, -0.05) is 0 Å². The molecule has 0 aromatic heterocycles. The molecule has 0 aliphatic heterocycles. The molecule has 4 nitrogen and oxygen atoms in total. The fourth-order valence-electron chi connectivity index (χ4n) is 1.94. The van der Waals surface area contributed by atoms with Crippen LogP contribution in [-0.4, -0.2) is 44.0 Å². The van der Waals surface area contributed by atoms with E-state index in [0.29, 0.717) is 0 Å². The average molecular weight is 199 g/mol. The third-order valence-electron chi connectivity index (χ3n) is 2.90. The van der Waals surface area contributed by atoms with E-state index in [4.69, 9.17) is 5.73 Å². The van der Waals surface area contributed by atoms with E-state index in [1.807, 2.05) is 14.1 Å². The van der Waals surface area contributed by atoms with Gasteiger partial charge in [0.15, 0.2) is 0 Å². The van der Waals surface area contributed by atoms with Crippen molar-refractivity contribution in [3.63, 3.8) is 0 Å². The lowest BCUT2D eigenvalue weighted by Gasteiger charge is -2.20. The zero-order valence-corrected chi connectivity index (χ0v) is 9.12. The minimum absolute atomic E-state index is 0.173. The Morgan fingerprint density at radius 2 is 2.29 bits per heavy atom. The molecular weight excluding hydrogens is 178 g/mol. The van der Waals surface area contributed by atoms with Crippen LogP contribution in [0.15, 0.2) is 0 Å². The number of nitrogens with zero attached hydrogens (tertiary/aromatic N) is 1. The van der Waals surface area contributed by atoms with Crippen LogP contribution in [0.1, 0.15) is 19.3 Å². The molecule has 0 aromatic rings. The quantitative estimate of drug-likeness (QED) is 0.659. The number of nitrogens with one attached hydrogen (secondary N) is 1. The van der Waals surface area contributed by atoms with Crippen molar-refractivity contribution in [1.82, 2.24) is 10.2 Å². The van der Waals surface area contributed by atoms with Gasteiger partial charge >= 0.3 is 0 Å². The van der Waals surface area contributed by atoms with E-state index in [2.05, 4.69) is 5.32 Å². The monoisotopic (exact) mass is 199 g/mol. The lowest BCUT2D eigenvalue weighted by Crippen LogP contribution is -2.36. The second-order valence-electron chi connectivity index (χ2n) is 4.13. The van der Waals surface area contributed by atoms with Crippen molar-refractivity contribution in [2.75, 3.05) is 27.2 Å². The van der Waals surface area contributed by atoms with Gasteiger partial charge < -0.3 is 16.0 Å². The molecule has 1 rings (SSSR count). The maximum Gasteiger partial charge on any atom is 0.225 e. The number of carbonyl (C=O) groups is 1. The molecule has 0 radical (unpaired) electrons. The minimum Gasteiger partial charge on any atom is -0.344 e. The molecule has 1 fully saturated rings. The Kier molecular flexibility index (Phi) is 4.35. The minimum atomic E-state index is 0.173. The molecule has 2 unspecified atom stereocenters. The van der Waals surface area contributed by atoms with E-state index < -0.39 is 0 Å². The molecular formula is C10H21N3O. The highest BCUT2D eigenvalue weighted by Crippen LogP contribution is 2.25. The normalized spacial score (nSPS) is 26.5. The summed E-state index contributed by atoms with van der Waals surface area (Å²) in [5, 5.41) is 3.03. The summed E-state index contributed by atoms with van der Waals surface area (Å²) in [6, 6.07) is 0.238. The zero-order valence-electron chi connectivity index (χ0n) is 9.12. The third-order valence-corrected chi connectivity index (χ3v) is 2.90. The highest BCUT2D eigenvalue weighted by Gasteiger charge is 2.29. The van der Waals surface area contributed by atoms with Crippen LogP contribution in [0.3, 0.4) is 0 Å². The number of hydrogen-bond acceptors (Lipinski definition) is 3. The van der Waals surface area contributed by atoms with Crippen LogP contribution in [0.2, 0.25) is 0 Å². The molecule has 2 atom stereocenters. The van der Waals surface area contributed by atoms with Gasteiger partial charge in [-0.25, -0.2) is 0 Å². The Hall–Kier alpha value is -0.610. The fourth-order valence-corrected chi connectivity index (χ4v) is 1.94. The summed E-state index contributed by atoms with van der Waals surface area (Å²) < 4.78 is 0. The maximum absolute atomic E-state index is 11.8. The SMILES string of the molecule is CNCCN(C)C(=O)C1CCC(N)C1. The summed E-state index contributed by atoms with van der Waals surface area (Å²) in [4.78, 5) is 13.6. The number of likely N-dealkylation sites (N-methyl/N-ethyl adjacent to an activating group) is 2. The summed E-state index contributed by atoms with van der Waals surface area (Å²) in [6.45, 7) is 1.63. The van der Waals surface area contributed by atoms with Gasteiger partial charge in [0.1, 0.15) is 0 Å². The van der Waals surface area contributed by atoms with E-state index in [1.165, 1.54) is 0 Å². The standard InChI is InChI=1S/C10H21N3O/c1-12-5-6-13(2)10(14)8-3-4-9(11)7-8/h8-9,12H,3-7,11H2,1-2H3. The van der Waals surface area contributed by atoms with Crippen molar-refractivity contribution in [2.45, 2.75) is 25.3 Å². The maximum atomic E-state index is 11.8. The number of nitrogens with two attached hydrogens (primary N) is 1. The average Bonchev–Trinajstić information content (AvgIpc) is 2.60. The van der Waals surface area contributed by atoms with Crippen LogP contribution in [0, 0.1) is 5.92 Å². The van der Waals surface area contributed by atoms with E-state index in [-0.39, 0.29) is 17.9 Å². The van der Waals surface area contributed by atoms with Gasteiger partial charge in [0.2, 0.25) is 5.91 Å². The van der Waals surface area contributed by atoms with Crippen molar-refractivity contribution in [2.24, 2.45) is 11.7 Å². The first-order valence-electron chi connectivity index (χ1n) is 5.30. The highest BCUT2D eigenvalue weighted by molar-refractivity contribution is 5.78. The van der Waals surface area contributed by atoms with Crippen molar-refractivity contribution >= 4 is 5.91 Å². The van der Waals surface area contributed by atoms with E-state index >= 15 is 0 Å². The van der Waals surface area contributed by atoms with Crippen molar-refractivity contribution in [3.8, 4) is 0 Å². The Balaban J connectivity index is 2.32. The summed E-state index contributed by atoms with van der Waals surface area (Å²) in [5.41, 5.74) is 5.78. The lowest BCUT2D eigenvalue weighted by atomic mass is 10.1. The Bertz CT molecular complexity index is 196. The van der Waals surface area contributed by atoms with Crippen LogP contribution in [0.4, 0.5) is 0 Å². The van der Waals surface area contributed by atoms with E-state index in [9.17, 15) is 4.79 Å². The number of hydrogen-bond donors (Lipinski definition) is 2. The molecule has 1 amide bonds. The topological polar surface area (TPSA) is 58.4 Å². The molecule has 82 valence electrons. The molecule has 0 saturated heterocycles. The molecule has 1 aliphatic carbocycles. The molecule has 0 aromatic carbocycles. The van der Waals surface area contributed by atoms with Crippen LogP contribution in [0.25, 0.3) is 0 Å². The van der Waals surface area contributed by atoms with Gasteiger partial charge in [0, 0.05) is 32.1 Å². The van der Waals surface area contributed by atoms with E-state index in [0.717, 1.165) is 32.4 Å². The Labute approximate surface area is 85.8 Å². The van der Waals surface area contributed by atoms with Gasteiger partial charge in [-0.15, -0.1) is 0 Å². The van der Waals surface area contributed by atoms with Crippen LogP contribution in [0.5, 0.6) is 0 Å². The molecule has 14 heavy (non-hydrogen) atoms. The molecule has 1 aliphatic rings. The number of rotatable bonds is 4. The zero-order chi connectivity index (χ0) is 10.6. The highest BCUT2D eigenvalue weighted by atomic mass is 16.2. The third kappa shape index (κ3) is 2.96. The molecule has 0 spiro atoms. The Morgan fingerprint density at radius 3 is 2.79 bits per heavy atom. The second-order valence-corrected chi connectivity index (χ2v) is 4.13. The fraction of sp³-hybridized carbons (Fsp3) is 0.900. The molecule has 1 saturated carbocycles. The molecule has 0 heterocycles. The first-order chi connectivity index (χ1) is 6.65.